The topological polar surface area (TPSA) is 58.8 Å². The summed E-state index contributed by atoms with van der Waals surface area (Å²) >= 11 is 0. The van der Waals surface area contributed by atoms with Crippen molar-refractivity contribution in [2.45, 2.75) is 33.3 Å². The Morgan fingerprint density at radius 1 is 1.25 bits per heavy atom. The summed E-state index contributed by atoms with van der Waals surface area (Å²) in [6.07, 6.45) is -0.326. The van der Waals surface area contributed by atoms with Gasteiger partial charge in [0.1, 0.15) is 11.4 Å². The zero-order valence-electron chi connectivity index (χ0n) is 14.4. The van der Waals surface area contributed by atoms with Crippen molar-refractivity contribution in [2.75, 3.05) is 31.1 Å². The molecule has 7 heteroatoms. The zero-order valence-corrected chi connectivity index (χ0v) is 14.4. The molecule has 1 saturated heterocycles. The lowest BCUT2D eigenvalue weighted by Gasteiger charge is -2.36. The molecule has 130 valence electrons. The molecule has 2 heterocycles. The lowest BCUT2D eigenvalue weighted by atomic mass is 10.1. The van der Waals surface area contributed by atoms with Crippen LogP contribution in [0.5, 0.6) is 0 Å². The third-order valence-corrected chi connectivity index (χ3v) is 3.99. The van der Waals surface area contributed by atoms with E-state index in [0.717, 1.165) is 11.1 Å². The highest BCUT2D eigenvalue weighted by Crippen LogP contribution is 2.28. The quantitative estimate of drug-likeness (QED) is 0.800. The first-order chi connectivity index (χ1) is 11.2. The van der Waals surface area contributed by atoms with Gasteiger partial charge in [0.05, 0.1) is 11.4 Å². The molecular weight excluding hydrogens is 313 g/mol. The van der Waals surface area contributed by atoms with Crippen LogP contribution in [-0.4, -0.2) is 47.9 Å². The minimum atomic E-state index is -0.517. The van der Waals surface area contributed by atoms with E-state index < -0.39 is 5.60 Å². The maximum atomic E-state index is 14.4. The molecule has 1 aliphatic heterocycles. The van der Waals surface area contributed by atoms with Gasteiger partial charge in [-0.15, -0.1) is 0 Å². The van der Waals surface area contributed by atoms with Gasteiger partial charge in [-0.1, -0.05) is 5.16 Å². The summed E-state index contributed by atoms with van der Waals surface area (Å²) < 4.78 is 24.8. The lowest BCUT2D eigenvalue weighted by molar-refractivity contribution is 0.0240. The fourth-order valence-electron chi connectivity index (χ4n) is 2.77. The number of hydrogen-bond acceptors (Lipinski definition) is 5. The Morgan fingerprint density at radius 2 is 1.92 bits per heavy atom. The van der Waals surface area contributed by atoms with Gasteiger partial charge in [0.2, 0.25) is 0 Å². The van der Waals surface area contributed by atoms with Crippen LogP contribution in [0, 0.1) is 12.7 Å². The van der Waals surface area contributed by atoms with E-state index in [0.29, 0.717) is 37.4 Å². The summed E-state index contributed by atoms with van der Waals surface area (Å²) in [5, 5.41) is 4.67. The van der Waals surface area contributed by atoms with E-state index >= 15 is 0 Å². The van der Waals surface area contributed by atoms with E-state index in [4.69, 9.17) is 9.26 Å². The number of piperazine rings is 1. The van der Waals surface area contributed by atoms with Crippen molar-refractivity contribution in [3.05, 3.63) is 23.6 Å². The standard InChI is InChI=1S/C17H22FN3O3/c1-11-12-9-14(13(18)10-15(12)24-19-11)20-5-7-21(8-6-20)16(22)23-17(2,3)4/h9-10H,5-8H2,1-4H3. The Hall–Kier alpha value is -2.31. The smallest absolute Gasteiger partial charge is 0.410 e. The van der Waals surface area contributed by atoms with Gasteiger partial charge in [-0.2, -0.15) is 0 Å². The Labute approximate surface area is 140 Å². The van der Waals surface area contributed by atoms with Crippen LogP contribution in [0.2, 0.25) is 0 Å². The lowest BCUT2D eigenvalue weighted by Crippen LogP contribution is -2.50. The fraction of sp³-hybridized carbons (Fsp3) is 0.529. The second-order valence-electron chi connectivity index (χ2n) is 7.02. The molecule has 0 unspecified atom stereocenters. The van der Waals surface area contributed by atoms with E-state index in [1.165, 1.54) is 6.07 Å². The molecule has 1 amide bonds. The van der Waals surface area contributed by atoms with Crippen molar-refractivity contribution in [2.24, 2.45) is 0 Å². The second kappa shape index (κ2) is 5.96. The van der Waals surface area contributed by atoms with Gasteiger partial charge < -0.3 is 19.1 Å². The van der Waals surface area contributed by atoms with Gasteiger partial charge >= 0.3 is 6.09 Å². The number of aromatic nitrogens is 1. The van der Waals surface area contributed by atoms with Crippen LogP contribution < -0.4 is 4.90 Å². The summed E-state index contributed by atoms with van der Waals surface area (Å²) in [6, 6.07) is 3.13. The summed E-state index contributed by atoms with van der Waals surface area (Å²) in [5.74, 6) is -0.343. The summed E-state index contributed by atoms with van der Waals surface area (Å²) in [5.41, 5.74) is 1.18. The molecule has 6 nitrogen and oxygen atoms in total. The van der Waals surface area contributed by atoms with Crippen LogP contribution in [0.25, 0.3) is 11.0 Å². The Bertz CT molecular complexity index is 758. The molecule has 0 spiro atoms. The van der Waals surface area contributed by atoms with Gasteiger partial charge in [-0.3, -0.25) is 0 Å². The third-order valence-electron chi connectivity index (χ3n) is 3.99. The van der Waals surface area contributed by atoms with Crippen molar-refractivity contribution in [1.29, 1.82) is 0 Å². The van der Waals surface area contributed by atoms with Crippen LogP contribution in [-0.2, 0) is 4.74 Å². The van der Waals surface area contributed by atoms with Gasteiger partial charge in [0.25, 0.3) is 0 Å². The first kappa shape index (κ1) is 16.5. The fourth-order valence-corrected chi connectivity index (χ4v) is 2.77. The highest BCUT2D eigenvalue weighted by molar-refractivity contribution is 5.83. The van der Waals surface area contributed by atoms with E-state index in [1.807, 2.05) is 32.6 Å². The van der Waals surface area contributed by atoms with Crippen molar-refractivity contribution in [3.8, 4) is 0 Å². The van der Waals surface area contributed by atoms with Crippen LogP contribution in [0.1, 0.15) is 26.5 Å². The van der Waals surface area contributed by atoms with Gasteiger partial charge in [-0.25, -0.2) is 9.18 Å². The number of carbonyl (C=O) groups is 1. The van der Waals surface area contributed by atoms with Gasteiger partial charge in [0.15, 0.2) is 5.58 Å². The highest BCUT2D eigenvalue weighted by atomic mass is 19.1. The molecular formula is C17H22FN3O3. The van der Waals surface area contributed by atoms with E-state index in [1.54, 1.807) is 11.0 Å². The molecule has 0 saturated carbocycles. The van der Waals surface area contributed by atoms with E-state index in [-0.39, 0.29) is 11.9 Å². The van der Waals surface area contributed by atoms with Crippen LogP contribution >= 0.6 is 0 Å². The van der Waals surface area contributed by atoms with Gasteiger partial charge in [0, 0.05) is 37.6 Å². The predicted octanol–water partition coefficient (Wildman–Crippen LogP) is 3.33. The van der Waals surface area contributed by atoms with Crippen molar-refractivity contribution >= 4 is 22.7 Å². The molecule has 1 aromatic heterocycles. The van der Waals surface area contributed by atoms with Crippen LogP contribution in [0.3, 0.4) is 0 Å². The normalized spacial score (nSPS) is 15.9. The number of nitrogens with zero attached hydrogens (tertiary/aromatic N) is 3. The number of ether oxygens (including phenoxy) is 1. The predicted molar refractivity (Wildman–Crippen MR) is 88.7 cm³/mol. The van der Waals surface area contributed by atoms with Gasteiger partial charge in [-0.05, 0) is 33.8 Å². The molecule has 0 aliphatic carbocycles. The number of carbonyl (C=O) groups excluding carboxylic acids is 1. The first-order valence-electron chi connectivity index (χ1n) is 8.03. The second-order valence-corrected chi connectivity index (χ2v) is 7.02. The molecule has 1 fully saturated rings. The average molecular weight is 335 g/mol. The summed E-state index contributed by atoms with van der Waals surface area (Å²) in [7, 11) is 0. The Morgan fingerprint density at radius 3 is 2.54 bits per heavy atom. The maximum Gasteiger partial charge on any atom is 0.410 e. The molecule has 0 radical (unpaired) electrons. The first-order valence-corrected chi connectivity index (χ1v) is 8.03. The number of fused-ring (bicyclic) bond motifs is 1. The Kier molecular flexibility index (Phi) is 4.11. The zero-order chi connectivity index (χ0) is 17.5. The number of aryl methyl sites for hydroxylation is 1. The number of rotatable bonds is 1. The number of hydrogen-bond donors (Lipinski definition) is 0. The molecule has 2 aromatic rings. The molecule has 0 bridgehead atoms. The van der Waals surface area contributed by atoms with Crippen molar-refractivity contribution < 1.29 is 18.4 Å². The molecule has 0 N–H and O–H groups in total. The van der Waals surface area contributed by atoms with E-state index in [9.17, 15) is 9.18 Å². The number of halogens is 1. The third kappa shape index (κ3) is 3.29. The van der Waals surface area contributed by atoms with E-state index in [2.05, 4.69) is 5.16 Å². The monoisotopic (exact) mass is 335 g/mol. The molecule has 1 aliphatic rings. The molecule has 3 rings (SSSR count). The minimum absolute atomic E-state index is 0.326. The SMILES string of the molecule is Cc1noc2cc(F)c(N3CCN(C(=O)OC(C)(C)C)CC3)cc12. The molecule has 0 atom stereocenters. The van der Waals surface area contributed by atoms with Crippen LogP contribution in [0.4, 0.5) is 14.9 Å². The summed E-state index contributed by atoms with van der Waals surface area (Å²) in [4.78, 5) is 15.7. The van der Waals surface area contributed by atoms with Crippen LogP contribution in [0.15, 0.2) is 16.7 Å². The Balaban J connectivity index is 1.72. The highest BCUT2D eigenvalue weighted by Gasteiger charge is 2.27. The number of amides is 1. The van der Waals surface area contributed by atoms with Crippen molar-refractivity contribution in [1.82, 2.24) is 10.1 Å². The molecule has 24 heavy (non-hydrogen) atoms. The molecule has 1 aromatic carbocycles. The maximum absolute atomic E-state index is 14.4. The van der Waals surface area contributed by atoms with Crippen molar-refractivity contribution in [3.63, 3.8) is 0 Å². The summed E-state index contributed by atoms with van der Waals surface area (Å²) in [6.45, 7) is 9.43. The average Bonchev–Trinajstić information content (AvgIpc) is 2.85. The minimum Gasteiger partial charge on any atom is -0.444 e. The number of anilines is 1. The number of benzene rings is 1. The largest absolute Gasteiger partial charge is 0.444 e.